The Morgan fingerprint density at radius 1 is 1.18 bits per heavy atom. The van der Waals surface area contributed by atoms with Gasteiger partial charge < -0.3 is 5.73 Å². The molecule has 0 aliphatic heterocycles. The number of rotatable bonds is 2. The maximum Gasteiger partial charge on any atom is 0.0965 e. The largest absolute Gasteiger partial charge is 0.401 e. The van der Waals surface area contributed by atoms with E-state index in [1.54, 1.807) is 0 Å². The summed E-state index contributed by atoms with van der Waals surface area (Å²) in [4.78, 5) is 0. The molecular weight excluding hydrogens is 208 g/mol. The van der Waals surface area contributed by atoms with Crippen molar-refractivity contribution >= 4 is 0 Å². The molecule has 2 N–H and O–H groups in total. The van der Waals surface area contributed by atoms with Crippen molar-refractivity contribution in [2.75, 3.05) is 0 Å². The molecule has 0 saturated heterocycles. The molecule has 4 aliphatic rings. The van der Waals surface area contributed by atoms with Gasteiger partial charge >= 0.3 is 0 Å². The molecule has 4 rings (SSSR count). The molecule has 4 bridgehead atoms. The van der Waals surface area contributed by atoms with E-state index in [4.69, 9.17) is 5.73 Å². The lowest BCUT2D eigenvalue weighted by molar-refractivity contribution is -0.0316. The third-order valence-electron chi connectivity index (χ3n) is 5.42. The van der Waals surface area contributed by atoms with Crippen LogP contribution in [0, 0.1) is 34.5 Å². The first-order chi connectivity index (χ1) is 8.16. The van der Waals surface area contributed by atoms with Gasteiger partial charge in [-0.3, -0.25) is 0 Å². The molecular formula is C15H22N2. The van der Waals surface area contributed by atoms with Gasteiger partial charge in [0.2, 0.25) is 0 Å². The standard InChI is InChI=1S/C15H22N2/c1-2-13(9-16)14(17)15-6-10-3-11(7-15)5-12(4-10)8-15/h10-12H,2-8,17H2,1H3. The predicted molar refractivity (Wildman–Crippen MR) is 67.7 cm³/mol. The van der Waals surface area contributed by atoms with Gasteiger partial charge in [-0.1, -0.05) is 6.92 Å². The van der Waals surface area contributed by atoms with Gasteiger partial charge in [-0.25, -0.2) is 0 Å². The van der Waals surface area contributed by atoms with Gasteiger partial charge in [-0.2, -0.15) is 5.26 Å². The normalized spacial score (nSPS) is 44.4. The third-order valence-corrected chi connectivity index (χ3v) is 5.42. The number of allylic oxidation sites excluding steroid dienone is 2. The predicted octanol–water partition coefficient (Wildman–Crippen LogP) is 3.35. The van der Waals surface area contributed by atoms with Crippen LogP contribution in [0.4, 0.5) is 0 Å². The molecule has 4 aliphatic carbocycles. The summed E-state index contributed by atoms with van der Waals surface area (Å²) >= 11 is 0. The third kappa shape index (κ3) is 1.59. The highest BCUT2D eigenvalue weighted by Crippen LogP contribution is 2.62. The van der Waals surface area contributed by atoms with Crippen molar-refractivity contribution < 1.29 is 0 Å². The minimum atomic E-state index is 0.218. The van der Waals surface area contributed by atoms with Crippen molar-refractivity contribution in [3.05, 3.63) is 11.3 Å². The summed E-state index contributed by atoms with van der Waals surface area (Å²) in [5.41, 5.74) is 8.43. The lowest BCUT2D eigenvalue weighted by Gasteiger charge is -2.57. The number of nitriles is 1. The fourth-order valence-electron chi connectivity index (χ4n) is 5.09. The molecule has 4 fully saturated rings. The van der Waals surface area contributed by atoms with Gasteiger partial charge in [-0.15, -0.1) is 0 Å². The Labute approximate surface area is 104 Å². The first kappa shape index (κ1) is 11.1. The zero-order valence-corrected chi connectivity index (χ0v) is 10.7. The van der Waals surface area contributed by atoms with Gasteiger partial charge in [0, 0.05) is 16.7 Å². The quantitative estimate of drug-likeness (QED) is 0.739. The molecule has 0 amide bonds. The van der Waals surface area contributed by atoms with E-state index in [-0.39, 0.29) is 5.41 Å². The molecule has 0 radical (unpaired) electrons. The molecule has 0 spiro atoms. The highest BCUT2D eigenvalue weighted by Gasteiger charge is 2.52. The molecule has 0 aromatic rings. The average molecular weight is 230 g/mol. The maximum absolute atomic E-state index is 9.21. The Bertz CT molecular complexity index is 364. The second-order valence-electron chi connectivity index (χ2n) is 6.56. The monoisotopic (exact) mass is 230 g/mol. The highest BCUT2D eigenvalue weighted by atomic mass is 14.7. The van der Waals surface area contributed by atoms with E-state index in [1.165, 1.54) is 38.5 Å². The van der Waals surface area contributed by atoms with Gasteiger partial charge in [0.1, 0.15) is 0 Å². The number of nitrogens with two attached hydrogens (primary N) is 1. The maximum atomic E-state index is 9.21. The van der Waals surface area contributed by atoms with E-state index >= 15 is 0 Å². The second-order valence-corrected chi connectivity index (χ2v) is 6.56. The van der Waals surface area contributed by atoms with Gasteiger partial charge in [0.05, 0.1) is 6.07 Å². The molecule has 0 aromatic carbocycles. The van der Waals surface area contributed by atoms with E-state index in [0.29, 0.717) is 0 Å². The van der Waals surface area contributed by atoms with E-state index < -0.39 is 0 Å². The van der Waals surface area contributed by atoms with Crippen LogP contribution < -0.4 is 5.73 Å². The summed E-state index contributed by atoms with van der Waals surface area (Å²) in [6.45, 7) is 2.05. The van der Waals surface area contributed by atoms with Gasteiger partial charge in [-0.05, 0) is 62.7 Å². The summed E-state index contributed by atoms with van der Waals surface area (Å²) in [6, 6.07) is 2.33. The number of hydrogen-bond acceptors (Lipinski definition) is 2. The van der Waals surface area contributed by atoms with Crippen LogP contribution >= 0.6 is 0 Å². The Morgan fingerprint density at radius 2 is 1.65 bits per heavy atom. The van der Waals surface area contributed by atoms with Crippen molar-refractivity contribution in [2.24, 2.45) is 28.9 Å². The highest BCUT2D eigenvalue weighted by molar-refractivity contribution is 5.32. The molecule has 0 aromatic heterocycles. The molecule has 0 atom stereocenters. The lowest BCUT2D eigenvalue weighted by Crippen LogP contribution is -2.48. The fourth-order valence-corrected chi connectivity index (χ4v) is 5.09. The van der Waals surface area contributed by atoms with Crippen molar-refractivity contribution in [2.45, 2.75) is 51.9 Å². The fraction of sp³-hybridized carbons (Fsp3) is 0.800. The molecule has 0 unspecified atom stereocenters. The molecule has 2 nitrogen and oxygen atoms in total. The summed E-state index contributed by atoms with van der Waals surface area (Å²) in [6.07, 6.45) is 8.87. The second kappa shape index (κ2) is 3.77. The van der Waals surface area contributed by atoms with Crippen LogP contribution in [0.3, 0.4) is 0 Å². The summed E-state index contributed by atoms with van der Waals surface area (Å²) < 4.78 is 0. The average Bonchev–Trinajstić information content (AvgIpc) is 2.28. The van der Waals surface area contributed by atoms with Crippen LogP contribution in [0.2, 0.25) is 0 Å². The Morgan fingerprint density at radius 3 is 2.00 bits per heavy atom. The van der Waals surface area contributed by atoms with E-state index in [0.717, 1.165) is 35.4 Å². The molecule has 2 heteroatoms. The Hall–Kier alpha value is -0.970. The van der Waals surface area contributed by atoms with Crippen molar-refractivity contribution in [1.29, 1.82) is 5.26 Å². The first-order valence-electron chi connectivity index (χ1n) is 7.06. The topological polar surface area (TPSA) is 49.8 Å². The lowest BCUT2D eigenvalue weighted by atomic mass is 9.48. The Kier molecular flexibility index (Phi) is 2.47. The first-order valence-corrected chi connectivity index (χ1v) is 7.06. The number of nitrogens with zero attached hydrogens (tertiary/aromatic N) is 1. The zero-order valence-electron chi connectivity index (χ0n) is 10.7. The van der Waals surface area contributed by atoms with Crippen LogP contribution in [0.1, 0.15) is 51.9 Å². The van der Waals surface area contributed by atoms with E-state index in [9.17, 15) is 5.26 Å². The van der Waals surface area contributed by atoms with Crippen LogP contribution in [-0.4, -0.2) is 0 Å². The minimum absolute atomic E-state index is 0.218. The van der Waals surface area contributed by atoms with Gasteiger partial charge in [0.25, 0.3) is 0 Å². The smallest absolute Gasteiger partial charge is 0.0965 e. The summed E-state index contributed by atoms with van der Waals surface area (Å²) in [7, 11) is 0. The van der Waals surface area contributed by atoms with Crippen LogP contribution in [0.15, 0.2) is 11.3 Å². The summed E-state index contributed by atoms with van der Waals surface area (Å²) in [5.74, 6) is 2.70. The van der Waals surface area contributed by atoms with E-state index in [1.807, 2.05) is 6.92 Å². The van der Waals surface area contributed by atoms with Crippen LogP contribution in [0.25, 0.3) is 0 Å². The molecule has 0 heterocycles. The SMILES string of the molecule is CCC(C#N)=C(N)C12CC3CC(CC(C3)C1)C2. The minimum Gasteiger partial charge on any atom is -0.401 e. The zero-order chi connectivity index (χ0) is 12.0. The Balaban J connectivity index is 1.97. The van der Waals surface area contributed by atoms with Crippen molar-refractivity contribution in [3.63, 3.8) is 0 Å². The molecule has 92 valence electrons. The molecule has 4 saturated carbocycles. The number of hydrogen-bond donors (Lipinski definition) is 1. The van der Waals surface area contributed by atoms with Crippen molar-refractivity contribution in [1.82, 2.24) is 0 Å². The molecule has 17 heavy (non-hydrogen) atoms. The van der Waals surface area contributed by atoms with Crippen molar-refractivity contribution in [3.8, 4) is 6.07 Å². The van der Waals surface area contributed by atoms with Crippen LogP contribution in [0.5, 0.6) is 0 Å². The van der Waals surface area contributed by atoms with E-state index in [2.05, 4.69) is 6.07 Å². The van der Waals surface area contributed by atoms with Crippen LogP contribution in [-0.2, 0) is 0 Å². The summed E-state index contributed by atoms with van der Waals surface area (Å²) in [5, 5.41) is 9.21. The van der Waals surface area contributed by atoms with Gasteiger partial charge in [0.15, 0.2) is 0 Å².